The van der Waals surface area contributed by atoms with Crippen LogP contribution < -0.4 is 5.32 Å². The highest BCUT2D eigenvalue weighted by Gasteiger charge is 2.13. The molecule has 0 bridgehead atoms. The van der Waals surface area contributed by atoms with Crippen LogP contribution in [0, 0.1) is 11.3 Å². The van der Waals surface area contributed by atoms with E-state index in [-0.39, 0.29) is 17.1 Å². The predicted molar refractivity (Wildman–Crippen MR) is 81.9 cm³/mol. The highest BCUT2D eigenvalue weighted by atomic mass is 16.5. The van der Waals surface area contributed by atoms with Crippen molar-refractivity contribution in [3.63, 3.8) is 0 Å². The van der Waals surface area contributed by atoms with Crippen LogP contribution >= 0.6 is 0 Å². The number of ether oxygens (including phenoxy) is 1. The Labute approximate surface area is 133 Å². The lowest BCUT2D eigenvalue weighted by Crippen LogP contribution is -2.23. The molecule has 6 nitrogen and oxygen atoms in total. The zero-order valence-corrected chi connectivity index (χ0v) is 12.4. The summed E-state index contributed by atoms with van der Waals surface area (Å²) in [4.78, 5) is 23.3. The number of nitriles is 1. The fraction of sp³-hybridized carbons (Fsp3) is 0.118. The number of hydrogen-bond acceptors (Lipinski definition) is 5. The molecular formula is C17H14N2O4. The molecule has 0 radical (unpaired) electrons. The van der Waals surface area contributed by atoms with Gasteiger partial charge in [-0.2, -0.15) is 5.26 Å². The average molecular weight is 310 g/mol. The third kappa shape index (κ3) is 4.32. The van der Waals surface area contributed by atoms with E-state index in [1.54, 1.807) is 0 Å². The predicted octanol–water partition coefficient (Wildman–Crippen LogP) is 2.29. The van der Waals surface area contributed by atoms with E-state index in [0.717, 1.165) is 5.56 Å². The van der Waals surface area contributed by atoms with E-state index in [4.69, 9.17) is 9.68 Å². The number of benzene rings is 1. The number of methoxy groups -OCH3 is 1. The first-order valence-electron chi connectivity index (χ1n) is 6.76. The molecule has 0 saturated heterocycles. The van der Waals surface area contributed by atoms with E-state index < -0.39 is 11.9 Å². The molecule has 2 aromatic rings. The molecule has 0 atom stereocenters. The highest BCUT2D eigenvalue weighted by Crippen LogP contribution is 2.13. The van der Waals surface area contributed by atoms with Crippen molar-refractivity contribution < 1.29 is 18.7 Å². The molecule has 0 saturated carbocycles. The number of esters is 1. The Morgan fingerprint density at radius 1 is 1.26 bits per heavy atom. The molecule has 1 aromatic carbocycles. The Morgan fingerprint density at radius 2 is 2.00 bits per heavy atom. The van der Waals surface area contributed by atoms with Gasteiger partial charge in [-0.1, -0.05) is 30.3 Å². The number of carbonyl (C=O) groups is 2. The van der Waals surface area contributed by atoms with Crippen LogP contribution in [0.4, 0.5) is 0 Å². The van der Waals surface area contributed by atoms with Crippen molar-refractivity contribution >= 4 is 18.0 Å². The third-order valence-corrected chi connectivity index (χ3v) is 2.96. The summed E-state index contributed by atoms with van der Waals surface area (Å²) >= 11 is 0. The normalized spacial score (nSPS) is 10.7. The fourth-order valence-corrected chi connectivity index (χ4v) is 1.80. The van der Waals surface area contributed by atoms with E-state index >= 15 is 0 Å². The summed E-state index contributed by atoms with van der Waals surface area (Å²) in [5, 5.41) is 11.8. The van der Waals surface area contributed by atoms with Crippen molar-refractivity contribution in [2.45, 2.75) is 6.54 Å². The first-order valence-corrected chi connectivity index (χ1v) is 6.76. The molecule has 0 unspecified atom stereocenters. The minimum atomic E-state index is -0.628. The molecular weight excluding hydrogens is 296 g/mol. The molecule has 0 fully saturated rings. The van der Waals surface area contributed by atoms with Crippen molar-refractivity contribution in [2.24, 2.45) is 0 Å². The zero-order valence-electron chi connectivity index (χ0n) is 12.4. The Kier molecular flexibility index (Phi) is 5.31. The minimum Gasteiger partial charge on any atom is -0.463 e. The number of furan rings is 1. The monoisotopic (exact) mass is 310 g/mol. The molecule has 1 N–H and O–H groups in total. The third-order valence-electron chi connectivity index (χ3n) is 2.96. The standard InChI is InChI=1S/C17H14N2O4/c1-22-17(21)15-8-7-14(23-15)9-13(10-18)16(20)19-11-12-5-3-2-4-6-12/h2-9H,11H2,1H3,(H,19,20)/b13-9+. The second-order valence-electron chi connectivity index (χ2n) is 4.53. The van der Waals surface area contributed by atoms with Crippen molar-refractivity contribution in [1.82, 2.24) is 5.32 Å². The highest BCUT2D eigenvalue weighted by molar-refractivity contribution is 6.01. The molecule has 2 rings (SSSR count). The summed E-state index contributed by atoms with van der Waals surface area (Å²) in [5.74, 6) is -0.929. The molecule has 0 aliphatic heterocycles. The van der Waals surface area contributed by atoms with Gasteiger partial charge in [-0.3, -0.25) is 4.79 Å². The summed E-state index contributed by atoms with van der Waals surface area (Å²) in [7, 11) is 1.23. The van der Waals surface area contributed by atoms with Gasteiger partial charge >= 0.3 is 5.97 Å². The maximum Gasteiger partial charge on any atom is 0.373 e. The summed E-state index contributed by atoms with van der Waals surface area (Å²) in [6, 6.07) is 14.0. The molecule has 6 heteroatoms. The topological polar surface area (TPSA) is 92.3 Å². The second-order valence-corrected chi connectivity index (χ2v) is 4.53. The van der Waals surface area contributed by atoms with Crippen molar-refractivity contribution in [3.05, 3.63) is 65.1 Å². The van der Waals surface area contributed by atoms with Gasteiger partial charge in [0.2, 0.25) is 5.76 Å². The minimum absolute atomic E-state index is 0.000679. The van der Waals surface area contributed by atoms with Gasteiger partial charge in [0.1, 0.15) is 17.4 Å². The van der Waals surface area contributed by atoms with Crippen molar-refractivity contribution in [3.8, 4) is 6.07 Å². The van der Waals surface area contributed by atoms with Gasteiger partial charge in [0.15, 0.2) is 0 Å². The smallest absolute Gasteiger partial charge is 0.373 e. The largest absolute Gasteiger partial charge is 0.463 e. The molecule has 1 heterocycles. The second kappa shape index (κ2) is 7.61. The summed E-state index contributed by atoms with van der Waals surface area (Å²) in [6.07, 6.45) is 1.27. The van der Waals surface area contributed by atoms with Crippen LogP contribution in [0.5, 0.6) is 0 Å². The number of hydrogen-bond donors (Lipinski definition) is 1. The first-order chi connectivity index (χ1) is 11.1. The van der Waals surface area contributed by atoms with E-state index in [2.05, 4.69) is 10.1 Å². The van der Waals surface area contributed by atoms with Gasteiger partial charge in [0.25, 0.3) is 5.91 Å². The van der Waals surface area contributed by atoms with E-state index in [1.165, 1.54) is 25.3 Å². The molecule has 23 heavy (non-hydrogen) atoms. The van der Waals surface area contributed by atoms with Crippen molar-refractivity contribution in [1.29, 1.82) is 5.26 Å². The molecule has 0 aliphatic rings. The van der Waals surface area contributed by atoms with E-state index in [0.29, 0.717) is 6.54 Å². The Bertz CT molecular complexity index is 769. The Hall–Kier alpha value is -3.33. The van der Waals surface area contributed by atoms with Crippen LogP contribution in [0.2, 0.25) is 0 Å². The van der Waals surface area contributed by atoms with Gasteiger partial charge in [-0.25, -0.2) is 4.79 Å². The van der Waals surface area contributed by atoms with Crippen LogP contribution in [0.15, 0.2) is 52.5 Å². The maximum absolute atomic E-state index is 12.0. The number of carbonyl (C=O) groups excluding carboxylic acids is 2. The van der Waals surface area contributed by atoms with Gasteiger partial charge in [-0.05, 0) is 17.7 Å². The molecule has 0 spiro atoms. The molecule has 1 amide bonds. The van der Waals surface area contributed by atoms with Crippen LogP contribution in [0.1, 0.15) is 21.9 Å². The fourth-order valence-electron chi connectivity index (χ4n) is 1.80. The zero-order chi connectivity index (χ0) is 16.7. The number of nitrogens with zero attached hydrogens (tertiary/aromatic N) is 1. The summed E-state index contributed by atoms with van der Waals surface area (Å²) < 4.78 is 9.72. The summed E-state index contributed by atoms with van der Waals surface area (Å²) in [6.45, 7) is 0.310. The Balaban J connectivity index is 2.06. The van der Waals surface area contributed by atoms with Crippen LogP contribution in [0.25, 0.3) is 6.08 Å². The van der Waals surface area contributed by atoms with Crippen molar-refractivity contribution in [2.75, 3.05) is 7.11 Å². The van der Waals surface area contributed by atoms with E-state index in [9.17, 15) is 9.59 Å². The van der Waals surface area contributed by atoms with Gasteiger partial charge in [-0.15, -0.1) is 0 Å². The van der Waals surface area contributed by atoms with Gasteiger partial charge in [0, 0.05) is 12.6 Å². The quantitative estimate of drug-likeness (QED) is 0.519. The number of nitrogens with one attached hydrogen (secondary N) is 1. The Morgan fingerprint density at radius 3 is 2.65 bits per heavy atom. The molecule has 0 aliphatic carbocycles. The van der Waals surface area contributed by atoms with Crippen LogP contribution in [0.3, 0.4) is 0 Å². The lowest BCUT2D eigenvalue weighted by Gasteiger charge is -2.03. The first kappa shape index (κ1) is 16.0. The number of amides is 1. The van der Waals surface area contributed by atoms with Gasteiger partial charge < -0.3 is 14.5 Å². The SMILES string of the molecule is COC(=O)c1ccc(/C=C(\C#N)C(=O)NCc2ccccc2)o1. The molecule has 1 aromatic heterocycles. The van der Waals surface area contributed by atoms with E-state index in [1.807, 2.05) is 36.4 Å². The lowest BCUT2D eigenvalue weighted by molar-refractivity contribution is -0.117. The van der Waals surface area contributed by atoms with Crippen LogP contribution in [-0.4, -0.2) is 19.0 Å². The van der Waals surface area contributed by atoms with Crippen LogP contribution in [-0.2, 0) is 16.1 Å². The number of rotatable bonds is 5. The maximum atomic E-state index is 12.0. The summed E-state index contributed by atoms with van der Waals surface area (Å²) in [5.41, 5.74) is 0.802. The molecule has 116 valence electrons. The lowest BCUT2D eigenvalue weighted by atomic mass is 10.2. The average Bonchev–Trinajstić information content (AvgIpc) is 3.06. The van der Waals surface area contributed by atoms with Gasteiger partial charge in [0.05, 0.1) is 7.11 Å².